The highest BCUT2D eigenvalue weighted by Crippen LogP contribution is 2.29. The Balaban J connectivity index is 1.85. The van der Waals surface area contributed by atoms with Gasteiger partial charge in [-0.1, -0.05) is 12.1 Å². The van der Waals surface area contributed by atoms with E-state index in [4.69, 9.17) is 18.9 Å². The number of carbonyl (C=O) groups is 1. The molecule has 0 bridgehead atoms. The fourth-order valence-electron chi connectivity index (χ4n) is 2.88. The summed E-state index contributed by atoms with van der Waals surface area (Å²) in [5, 5.41) is 2.95. The summed E-state index contributed by atoms with van der Waals surface area (Å²) in [6.45, 7) is 0.553. The molecule has 0 heterocycles. The molecule has 2 aromatic carbocycles. The summed E-state index contributed by atoms with van der Waals surface area (Å²) in [6, 6.07) is 11.4. The summed E-state index contributed by atoms with van der Waals surface area (Å²) in [5.74, 6) is 2.82. The van der Waals surface area contributed by atoms with Crippen LogP contribution in [0.4, 0.5) is 0 Å². The van der Waals surface area contributed by atoms with Crippen molar-refractivity contribution >= 4 is 5.91 Å². The second-order valence-corrected chi connectivity index (χ2v) is 5.93. The number of amides is 1. The van der Waals surface area contributed by atoms with Gasteiger partial charge in [-0.25, -0.2) is 0 Å². The number of benzene rings is 2. The number of hydrogen-bond donors (Lipinski definition) is 1. The van der Waals surface area contributed by atoms with Gasteiger partial charge in [0.15, 0.2) is 11.5 Å². The Kier molecular flexibility index (Phi) is 7.79. The lowest BCUT2D eigenvalue weighted by atomic mass is 10.1. The minimum Gasteiger partial charge on any atom is -0.496 e. The number of methoxy groups -OCH3 is 4. The van der Waals surface area contributed by atoms with Crippen LogP contribution in [-0.4, -0.2) is 40.9 Å². The standard InChI is InChI=1S/C21H27NO5/c1-24-17-6-5-7-18(25-2)16(17)9-11-21(23)22-13-12-15-8-10-19(26-3)20(14-15)27-4/h5-8,10,14H,9,11-13H2,1-4H3,(H,22,23). The van der Waals surface area contributed by atoms with Crippen LogP contribution in [-0.2, 0) is 17.6 Å². The van der Waals surface area contributed by atoms with E-state index in [0.717, 1.165) is 22.6 Å². The van der Waals surface area contributed by atoms with E-state index >= 15 is 0 Å². The summed E-state index contributed by atoms with van der Waals surface area (Å²) in [7, 11) is 6.44. The number of carbonyl (C=O) groups excluding carboxylic acids is 1. The molecular formula is C21H27NO5. The van der Waals surface area contributed by atoms with Crippen LogP contribution in [0.1, 0.15) is 17.5 Å². The van der Waals surface area contributed by atoms with Crippen LogP contribution >= 0.6 is 0 Å². The smallest absolute Gasteiger partial charge is 0.220 e. The van der Waals surface area contributed by atoms with Crippen LogP contribution in [0.15, 0.2) is 36.4 Å². The van der Waals surface area contributed by atoms with Crippen LogP contribution in [0.3, 0.4) is 0 Å². The van der Waals surface area contributed by atoms with E-state index in [9.17, 15) is 4.79 Å². The highest BCUT2D eigenvalue weighted by Gasteiger charge is 2.12. The van der Waals surface area contributed by atoms with Gasteiger partial charge >= 0.3 is 0 Å². The molecule has 2 rings (SSSR count). The Morgan fingerprint density at radius 3 is 2.04 bits per heavy atom. The van der Waals surface area contributed by atoms with Gasteiger partial charge in [0.25, 0.3) is 0 Å². The highest BCUT2D eigenvalue weighted by atomic mass is 16.5. The Bertz CT molecular complexity index is 738. The van der Waals surface area contributed by atoms with Crippen LogP contribution in [0.5, 0.6) is 23.0 Å². The molecule has 0 spiro atoms. The topological polar surface area (TPSA) is 66.0 Å². The summed E-state index contributed by atoms with van der Waals surface area (Å²) in [6.07, 6.45) is 1.63. The van der Waals surface area contributed by atoms with E-state index in [1.807, 2.05) is 36.4 Å². The van der Waals surface area contributed by atoms with Gasteiger partial charge in [-0.15, -0.1) is 0 Å². The number of rotatable bonds is 10. The first-order valence-corrected chi connectivity index (χ1v) is 8.80. The number of nitrogens with one attached hydrogen (secondary N) is 1. The van der Waals surface area contributed by atoms with E-state index in [1.165, 1.54) is 0 Å². The molecule has 0 aromatic heterocycles. The number of hydrogen-bond acceptors (Lipinski definition) is 5. The fourth-order valence-corrected chi connectivity index (χ4v) is 2.88. The van der Waals surface area contributed by atoms with E-state index in [1.54, 1.807) is 28.4 Å². The molecule has 0 atom stereocenters. The largest absolute Gasteiger partial charge is 0.496 e. The van der Waals surface area contributed by atoms with Crippen LogP contribution in [0.25, 0.3) is 0 Å². The highest BCUT2D eigenvalue weighted by molar-refractivity contribution is 5.76. The van der Waals surface area contributed by atoms with Crippen molar-refractivity contribution < 1.29 is 23.7 Å². The fraction of sp³-hybridized carbons (Fsp3) is 0.381. The van der Waals surface area contributed by atoms with E-state index in [0.29, 0.717) is 37.3 Å². The Labute approximate surface area is 160 Å². The zero-order valence-corrected chi connectivity index (χ0v) is 16.3. The molecule has 27 heavy (non-hydrogen) atoms. The molecule has 146 valence electrons. The third-order valence-electron chi connectivity index (χ3n) is 4.32. The zero-order valence-electron chi connectivity index (χ0n) is 16.3. The Morgan fingerprint density at radius 1 is 0.815 bits per heavy atom. The molecule has 6 nitrogen and oxygen atoms in total. The van der Waals surface area contributed by atoms with Gasteiger partial charge in [0.1, 0.15) is 11.5 Å². The van der Waals surface area contributed by atoms with Crippen molar-refractivity contribution in [2.24, 2.45) is 0 Å². The van der Waals surface area contributed by atoms with Gasteiger partial charge in [-0.3, -0.25) is 4.79 Å². The van der Waals surface area contributed by atoms with Gasteiger partial charge < -0.3 is 24.3 Å². The SMILES string of the molecule is COc1ccc(CCNC(=O)CCc2c(OC)cccc2OC)cc1OC. The molecule has 0 saturated carbocycles. The normalized spacial score (nSPS) is 10.2. The van der Waals surface area contributed by atoms with Crippen molar-refractivity contribution in [1.29, 1.82) is 0 Å². The lowest BCUT2D eigenvalue weighted by molar-refractivity contribution is -0.121. The first kappa shape index (κ1) is 20.4. The molecule has 1 N–H and O–H groups in total. The van der Waals surface area contributed by atoms with Crippen molar-refractivity contribution in [3.05, 3.63) is 47.5 Å². The molecule has 0 aliphatic rings. The minimum absolute atomic E-state index is 0.0107. The maximum Gasteiger partial charge on any atom is 0.220 e. The lowest BCUT2D eigenvalue weighted by Crippen LogP contribution is -2.26. The summed E-state index contributed by atoms with van der Waals surface area (Å²) in [4.78, 5) is 12.2. The quantitative estimate of drug-likeness (QED) is 0.693. The van der Waals surface area contributed by atoms with Gasteiger partial charge in [-0.2, -0.15) is 0 Å². The molecule has 2 aromatic rings. The van der Waals surface area contributed by atoms with Gasteiger partial charge in [-0.05, 0) is 42.7 Å². The average Bonchev–Trinajstić information content (AvgIpc) is 2.71. The molecule has 0 aliphatic carbocycles. The third kappa shape index (κ3) is 5.54. The lowest BCUT2D eigenvalue weighted by Gasteiger charge is -2.13. The summed E-state index contributed by atoms with van der Waals surface area (Å²) >= 11 is 0. The molecule has 6 heteroatoms. The van der Waals surface area contributed by atoms with Gasteiger partial charge in [0, 0.05) is 18.5 Å². The van der Waals surface area contributed by atoms with Crippen molar-refractivity contribution in [2.45, 2.75) is 19.3 Å². The van der Waals surface area contributed by atoms with Crippen molar-refractivity contribution in [2.75, 3.05) is 35.0 Å². The maximum atomic E-state index is 12.2. The Hall–Kier alpha value is -2.89. The van der Waals surface area contributed by atoms with Crippen LogP contribution in [0, 0.1) is 0 Å². The van der Waals surface area contributed by atoms with Gasteiger partial charge in [0.2, 0.25) is 5.91 Å². The van der Waals surface area contributed by atoms with Crippen molar-refractivity contribution in [3.8, 4) is 23.0 Å². The van der Waals surface area contributed by atoms with E-state index in [-0.39, 0.29) is 5.91 Å². The van der Waals surface area contributed by atoms with E-state index in [2.05, 4.69) is 5.32 Å². The number of ether oxygens (including phenoxy) is 4. The summed E-state index contributed by atoms with van der Waals surface area (Å²) < 4.78 is 21.3. The van der Waals surface area contributed by atoms with Crippen LogP contribution in [0.2, 0.25) is 0 Å². The molecule has 0 aliphatic heterocycles. The second-order valence-electron chi connectivity index (χ2n) is 5.93. The summed E-state index contributed by atoms with van der Waals surface area (Å²) in [5.41, 5.74) is 1.97. The minimum atomic E-state index is -0.0107. The first-order chi connectivity index (χ1) is 13.1. The maximum absolute atomic E-state index is 12.2. The average molecular weight is 373 g/mol. The zero-order chi connectivity index (χ0) is 19.6. The third-order valence-corrected chi connectivity index (χ3v) is 4.32. The Morgan fingerprint density at radius 2 is 1.44 bits per heavy atom. The first-order valence-electron chi connectivity index (χ1n) is 8.80. The van der Waals surface area contributed by atoms with Crippen molar-refractivity contribution in [3.63, 3.8) is 0 Å². The molecular weight excluding hydrogens is 346 g/mol. The molecule has 0 saturated heterocycles. The molecule has 0 radical (unpaired) electrons. The molecule has 0 fully saturated rings. The van der Waals surface area contributed by atoms with Gasteiger partial charge in [0.05, 0.1) is 28.4 Å². The predicted molar refractivity (Wildman–Crippen MR) is 104 cm³/mol. The van der Waals surface area contributed by atoms with Crippen molar-refractivity contribution in [1.82, 2.24) is 5.32 Å². The van der Waals surface area contributed by atoms with E-state index < -0.39 is 0 Å². The predicted octanol–water partition coefficient (Wildman–Crippen LogP) is 3.01. The molecule has 0 unspecified atom stereocenters. The molecule has 1 amide bonds. The monoisotopic (exact) mass is 373 g/mol. The van der Waals surface area contributed by atoms with Crippen LogP contribution < -0.4 is 24.3 Å². The second kappa shape index (κ2) is 10.3.